The zero-order valence-corrected chi connectivity index (χ0v) is 12.0. The van der Waals surface area contributed by atoms with Gasteiger partial charge in [0.15, 0.2) is 0 Å². The summed E-state index contributed by atoms with van der Waals surface area (Å²) in [6, 6.07) is 8.05. The summed E-state index contributed by atoms with van der Waals surface area (Å²) in [6.45, 7) is 5.88. The summed E-state index contributed by atoms with van der Waals surface area (Å²) in [7, 11) is 0. The van der Waals surface area contributed by atoms with Gasteiger partial charge in [-0.3, -0.25) is 4.79 Å². The fraction of sp³-hybridized carbons (Fsp3) is 0.400. The Kier molecular flexibility index (Phi) is 4.50. The third kappa shape index (κ3) is 3.91. The summed E-state index contributed by atoms with van der Waals surface area (Å²) >= 11 is 0. The third-order valence-electron chi connectivity index (χ3n) is 2.76. The van der Waals surface area contributed by atoms with Crippen molar-refractivity contribution < 1.29 is 9.32 Å². The van der Waals surface area contributed by atoms with Gasteiger partial charge in [0.05, 0.1) is 0 Å². The van der Waals surface area contributed by atoms with Crippen LogP contribution >= 0.6 is 0 Å². The lowest BCUT2D eigenvalue weighted by atomic mass is 10.1. The second-order valence-electron chi connectivity index (χ2n) is 5.10. The SMILES string of the molecule is Cc1cccc(-c2noc(CCC(=O)NC(C)C)n2)c1. The number of aryl methyl sites for hydroxylation is 2. The second kappa shape index (κ2) is 6.32. The van der Waals surface area contributed by atoms with Crippen LogP contribution in [-0.4, -0.2) is 22.1 Å². The summed E-state index contributed by atoms with van der Waals surface area (Å²) in [5.41, 5.74) is 2.07. The minimum Gasteiger partial charge on any atom is -0.354 e. The van der Waals surface area contributed by atoms with Crippen molar-refractivity contribution in [2.45, 2.75) is 39.7 Å². The highest BCUT2D eigenvalue weighted by atomic mass is 16.5. The zero-order valence-electron chi connectivity index (χ0n) is 12.0. The second-order valence-corrected chi connectivity index (χ2v) is 5.10. The molecule has 0 atom stereocenters. The zero-order chi connectivity index (χ0) is 14.5. The maximum Gasteiger partial charge on any atom is 0.227 e. The quantitative estimate of drug-likeness (QED) is 0.908. The summed E-state index contributed by atoms with van der Waals surface area (Å²) in [6.07, 6.45) is 0.811. The largest absolute Gasteiger partial charge is 0.354 e. The fourth-order valence-corrected chi connectivity index (χ4v) is 1.87. The summed E-state index contributed by atoms with van der Waals surface area (Å²) in [5, 5.41) is 6.78. The predicted octanol–water partition coefficient (Wildman–Crippen LogP) is 2.50. The molecule has 0 fully saturated rings. The monoisotopic (exact) mass is 273 g/mol. The van der Waals surface area contributed by atoms with Crippen LogP contribution in [0.3, 0.4) is 0 Å². The number of nitrogens with zero attached hydrogens (tertiary/aromatic N) is 2. The molecule has 20 heavy (non-hydrogen) atoms. The minimum absolute atomic E-state index is 0.00435. The molecule has 1 heterocycles. The lowest BCUT2D eigenvalue weighted by Crippen LogP contribution is -2.30. The molecule has 0 spiro atoms. The molecule has 0 aliphatic heterocycles. The van der Waals surface area contributed by atoms with Crippen molar-refractivity contribution in [1.82, 2.24) is 15.5 Å². The maximum absolute atomic E-state index is 11.5. The van der Waals surface area contributed by atoms with E-state index in [2.05, 4.69) is 15.5 Å². The normalized spacial score (nSPS) is 10.8. The molecule has 0 saturated carbocycles. The topological polar surface area (TPSA) is 68.0 Å². The Balaban J connectivity index is 1.97. The van der Waals surface area contributed by atoms with Crippen LogP contribution in [-0.2, 0) is 11.2 Å². The Morgan fingerprint density at radius 1 is 1.40 bits per heavy atom. The number of benzene rings is 1. The van der Waals surface area contributed by atoms with Crippen molar-refractivity contribution >= 4 is 5.91 Å². The predicted molar refractivity (Wildman–Crippen MR) is 76.1 cm³/mol. The average molecular weight is 273 g/mol. The molecule has 0 aliphatic rings. The van der Waals surface area contributed by atoms with E-state index in [1.165, 1.54) is 0 Å². The van der Waals surface area contributed by atoms with Crippen LogP contribution in [0.1, 0.15) is 31.7 Å². The van der Waals surface area contributed by atoms with Gasteiger partial charge in [-0.05, 0) is 26.8 Å². The molecule has 0 radical (unpaired) electrons. The van der Waals surface area contributed by atoms with E-state index in [4.69, 9.17) is 4.52 Å². The molecule has 1 N–H and O–H groups in total. The highest BCUT2D eigenvalue weighted by Gasteiger charge is 2.11. The molecule has 2 aromatic rings. The van der Waals surface area contributed by atoms with E-state index in [9.17, 15) is 4.79 Å². The molecule has 0 unspecified atom stereocenters. The van der Waals surface area contributed by atoms with Crippen LogP contribution in [0.2, 0.25) is 0 Å². The molecule has 0 saturated heterocycles. The lowest BCUT2D eigenvalue weighted by molar-refractivity contribution is -0.121. The van der Waals surface area contributed by atoms with Crippen molar-refractivity contribution in [3.8, 4) is 11.4 Å². The van der Waals surface area contributed by atoms with E-state index in [1.807, 2.05) is 45.0 Å². The van der Waals surface area contributed by atoms with Crippen LogP contribution in [0.15, 0.2) is 28.8 Å². The first-order chi connectivity index (χ1) is 9.54. The smallest absolute Gasteiger partial charge is 0.227 e. The van der Waals surface area contributed by atoms with Crippen LogP contribution in [0, 0.1) is 6.92 Å². The van der Waals surface area contributed by atoms with Crippen molar-refractivity contribution in [2.24, 2.45) is 0 Å². The lowest BCUT2D eigenvalue weighted by Gasteiger charge is -2.06. The van der Waals surface area contributed by atoms with Crippen molar-refractivity contribution in [1.29, 1.82) is 0 Å². The highest BCUT2D eigenvalue weighted by molar-refractivity contribution is 5.76. The molecule has 1 amide bonds. The van der Waals surface area contributed by atoms with Crippen LogP contribution < -0.4 is 5.32 Å². The average Bonchev–Trinajstić information content (AvgIpc) is 2.84. The third-order valence-corrected chi connectivity index (χ3v) is 2.76. The van der Waals surface area contributed by atoms with Gasteiger partial charge in [0.2, 0.25) is 17.6 Å². The summed E-state index contributed by atoms with van der Waals surface area (Å²) < 4.78 is 5.17. The Morgan fingerprint density at radius 2 is 2.20 bits per heavy atom. The molecule has 2 rings (SSSR count). The number of nitrogens with one attached hydrogen (secondary N) is 1. The molecular formula is C15H19N3O2. The summed E-state index contributed by atoms with van der Waals surface area (Å²) in [4.78, 5) is 15.9. The number of amides is 1. The number of rotatable bonds is 5. The van der Waals surface area contributed by atoms with Gasteiger partial charge in [-0.15, -0.1) is 0 Å². The van der Waals surface area contributed by atoms with Gasteiger partial charge in [-0.25, -0.2) is 0 Å². The van der Waals surface area contributed by atoms with E-state index >= 15 is 0 Å². The van der Waals surface area contributed by atoms with Crippen LogP contribution in [0.5, 0.6) is 0 Å². The minimum atomic E-state index is -0.00435. The van der Waals surface area contributed by atoms with Crippen LogP contribution in [0.25, 0.3) is 11.4 Å². The van der Waals surface area contributed by atoms with Gasteiger partial charge < -0.3 is 9.84 Å². The number of carbonyl (C=O) groups is 1. The molecule has 5 nitrogen and oxygen atoms in total. The van der Waals surface area contributed by atoms with Gasteiger partial charge >= 0.3 is 0 Å². The molecular weight excluding hydrogens is 254 g/mol. The fourth-order valence-electron chi connectivity index (χ4n) is 1.87. The Bertz CT molecular complexity index is 590. The van der Waals surface area contributed by atoms with E-state index in [-0.39, 0.29) is 11.9 Å². The Hall–Kier alpha value is -2.17. The highest BCUT2D eigenvalue weighted by Crippen LogP contribution is 2.17. The first-order valence-electron chi connectivity index (χ1n) is 6.73. The maximum atomic E-state index is 11.5. The standard InChI is InChI=1S/C15H19N3O2/c1-10(2)16-13(19)7-8-14-17-15(18-20-14)12-6-4-5-11(3)9-12/h4-6,9-10H,7-8H2,1-3H3,(H,16,19). The van der Waals surface area contributed by atoms with Gasteiger partial charge in [0.25, 0.3) is 0 Å². The van der Waals surface area contributed by atoms with Crippen molar-refractivity contribution in [3.63, 3.8) is 0 Å². The van der Waals surface area contributed by atoms with E-state index in [0.717, 1.165) is 11.1 Å². The molecule has 1 aromatic heterocycles. The van der Waals surface area contributed by atoms with Crippen molar-refractivity contribution in [2.75, 3.05) is 0 Å². The number of hydrogen-bond donors (Lipinski definition) is 1. The molecule has 0 bridgehead atoms. The van der Waals surface area contributed by atoms with Gasteiger partial charge in [0.1, 0.15) is 0 Å². The Labute approximate surface area is 118 Å². The molecule has 0 aliphatic carbocycles. The van der Waals surface area contributed by atoms with Gasteiger partial charge in [0, 0.05) is 24.4 Å². The molecule has 106 valence electrons. The van der Waals surface area contributed by atoms with Crippen LogP contribution in [0.4, 0.5) is 0 Å². The Morgan fingerprint density at radius 3 is 2.90 bits per heavy atom. The summed E-state index contributed by atoms with van der Waals surface area (Å²) in [5.74, 6) is 1.05. The number of hydrogen-bond acceptors (Lipinski definition) is 4. The van der Waals surface area contributed by atoms with Crippen molar-refractivity contribution in [3.05, 3.63) is 35.7 Å². The van der Waals surface area contributed by atoms with E-state index in [0.29, 0.717) is 24.6 Å². The molecule has 1 aromatic carbocycles. The number of aromatic nitrogens is 2. The van der Waals surface area contributed by atoms with Gasteiger partial charge in [-0.1, -0.05) is 28.9 Å². The first kappa shape index (κ1) is 14.2. The van der Waals surface area contributed by atoms with E-state index < -0.39 is 0 Å². The number of carbonyl (C=O) groups excluding carboxylic acids is 1. The van der Waals surface area contributed by atoms with E-state index in [1.54, 1.807) is 0 Å². The molecule has 5 heteroatoms. The first-order valence-corrected chi connectivity index (χ1v) is 6.73. The van der Waals surface area contributed by atoms with Gasteiger partial charge in [-0.2, -0.15) is 4.98 Å².